The summed E-state index contributed by atoms with van der Waals surface area (Å²) in [5.41, 5.74) is 4.50. The molecule has 0 spiro atoms. The number of para-hydroxylation sites is 1. The number of fused-ring (bicyclic) bond motifs is 1. The highest BCUT2D eigenvalue weighted by atomic mass is 32.1. The van der Waals surface area contributed by atoms with Crippen molar-refractivity contribution in [3.05, 3.63) is 65.4 Å². The van der Waals surface area contributed by atoms with Gasteiger partial charge < -0.3 is 10.2 Å². The molecule has 4 rings (SSSR count). The van der Waals surface area contributed by atoms with Crippen LogP contribution in [0.2, 0.25) is 0 Å². The van der Waals surface area contributed by atoms with Gasteiger partial charge in [0, 0.05) is 48.7 Å². The van der Waals surface area contributed by atoms with Crippen molar-refractivity contribution in [2.45, 2.75) is 19.3 Å². The van der Waals surface area contributed by atoms with Crippen molar-refractivity contribution >= 4 is 22.9 Å². The molecule has 0 fully saturated rings. The van der Waals surface area contributed by atoms with Gasteiger partial charge in [0.1, 0.15) is 5.01 Å². The molecule has 3 aromatic rings. The molecule has 6 heteroatoms. The number of carbonyl (C=O) groups is 1. The van der Waals surface area contributed by atoms with Crippen molar-refractivity contribution in [3.63, 3.8) is 0 Å². The Morgan fingerprint density at radius 3 is 3.04 bits per heavy atom. The predicted molar refractivity (Wildman–Crippen MR) is 109 cm³/mol. The number of nitrogens with zero attached hydrogens (tertiary/aromatic N) is 3. The van der Waals surface area contributed by atoms with Gasteiger partial charge in [-0.1, -0.05) is 18.2 Å². The molecule has 0 atom stereocenters. The predicted octanol–water partition coefficient (Wildman–Crippen LogP) is 3.32. The van der Waals surface area contributed by atoms with E-state index in [1.807, 2.05) is 17.5 Å². The number of pyridine rings is 1. The third kappa shape index (κ3) is 4.34. The summed E-state index contributed by atoms with van der Waals surface area (Å²) >= 11 is 1.54. The van der Waals surface area contributed by atoms with Crippen LogP contribution in [0.4, 0.5) is 5.69 Å². The molecule has 0 unspecified atom stereocenters. The molecule has 3 heterocycles. The van der Waals surface area contributed by atoms with Gasteiger partial charge in [-0.3, -0.25) is 9.78 Å². The molecule has 0 aliphatic carbocycles. The van der Waals surface area contributed by atoms with Gasteiger partial charge in [-0.2, -0.15) is 0 Å². The van der Waals surface area contributed by atoms with Gasteiger partial charge >= 0.3 is 0 Å². The molecule has 27 heavy (non-hydrogen) atoms. The van der Waals surface area contributed by atoms with E-state index in [9.17, 15) is 4.79 Å². The monoisotopic (exact) mass is 378 g/mol. The van der Waals surface area contributed by atoms with E-state index in [1.165, 1.54) is 17.7 Å². The van der Waals surface area contributed by atoms with Crippen LogP contribution < -0.4 is 10.2 Å². The van der Waals surface area contributed by atoms with Crippen molar-refractivity contribution in [3.8, 4) is 10.6 Å². The molecule has 138 valence electrons. The summed E-state index contributed by atoms with van der Waals surface area (Å²) < 4.78 is 0. The first kappa shape index (κ1) is 17.7. The summed E-state index contributed by atoms with van der Waals surface area (Å²) in [5.74, 6) is 0.0170. The normalized spacial score (nSPS) is 13.3. The number of benzene rings is 1. The molecule has 1 aromatic carbocycles. The van der Waals surface area contributed by atoms with Crippen LogP contribution in [0.15, 0.2) is 54.2 Å². The Balaban J connectivity index is 1.28. The van der Waals surface area contributed by atoms with Crippen LogP contribution in [0.25, 0.3) is 10.6 Å². The zero-order chi connectivity index (χ0) is 18.5. The number of nitrogens with one attached hydrogen (secondary N) is 1. The molecule has 0 bridgehead atoms. The molecular formula is C21H22N4OS. The molecule has 0 radical (unpaired) electrons. The number of aromatic nitrogens is 2. The number of thiazole rings is 1. The second-order valence-corrected chi connectivity index (χ2v) is 7.49. The lowest BCUT2D eigenvalue weighted by molar-refractivity contribution is -0.120. The van der Waals surface area contributed by atoms with E-state index >= 15 is 0 Å². The highest BCUT2D eigenvalue weighted by Crippen LogP contribution is 2.26. The van der Waals surface area contributed by atoms with Gasteiger partial charge in [0.25, 0.3) is 0 Å². The maximum Gasteiger partial charge on any atom is 0.226 e. The standard InChI is InChI=1S/C21H22N4OS/c26-20(13-18-15-27-21(24-18)17-6-3-9-22-14-17)23-10-12-25-11-4-7-16-5-1-2-8-19(16)25/h1-3,5-6,8-9,14-15H,4,7,10-13H2,(H,23,26). The number of anilines is 1. The first-order valence-electron chi connectivity index (χ1n) is 9.24. The summed E-state index contributed by atoms with van der Waals surface area (Å²) in [6, 6.07) is 12.4. The smallest absolute Gasteiger partial charge is 0.226 e. The molecule has 1 aliphatic heterocycles. The van der Waals surface area contributed by atoms with Gasteiger partial charge in [0.2, 0.25) is 5.91 Å². The summed E-state index contributed by atoms with van der Waals surface area (Å²) in [7, 11) is 0. The first-order valence-corrected chi connectivity index (χ1v) is 10.1. The maximum absolute atomic E-state index is 12.3. The fourth-order valence-electron chi connectivity index (χ4n) is 3.41. The van der Waals surface area contributed by atoms with Crippen LogP contribution in [0.1, 0.15) is 17.7 Å². The Bertz CT molecular complexity index is 909. The Morgan fingerprint density at radius 2 is 2.15 bits per heavy atom. The molecule has 1 N–H and O–H groups in total. The molecule has 1 aliphatic rings. The van der Waals surface area contributed by atoms with Crippen LogP contribution in [0.3, 0.4) is 0 Å². The van der Waals surface area contributed by atoms with Crippen LogP contribution in [0.5, 0.6) is 0 Å². The Hall–Kier alpha value is -2.73. The number of hydrogen-bond acceptors (Lipinski definition) is 5. The van der Waals surface area contributed by atoms with Crippen LogP contribution >= 0.6 is 11.3 Å². The Morgan fingerprint density at radius 1 is 1.22 bits per heavy atom. The van der Waals surface area contributed by atoms with Crippen molar-refractivity contribution in [1.29, 1.82) is 0 Å². The average Bonchev–Trinajstić information content (AvgIpc) is 3.17. The molecule has 0 saturated heterocycles. The van der Waals surface area contributed by atoms with E-state index < -0.39 is 0 Å². The van der Waals surface area contributed by atoms with Crippen molar-refractivity contribution in [2.24, 2.45) is 0 Å². The Kier molecular flexibility index (Phi) is 5.44. The van der Waals surface area contributed by atoms with E-state index in [1.54, 1.807) is 23.7 Å². The SMILES string of the molecule is O=C(Cc1csc(-c2cccnc2)n1)NCCN1CCCc2ccccc21. The lowest BCUT2D eigenvalue weighted by Gasteiger charge is -2.31. The lowest BCUT2D eigenvalue weighted by atomic mass is 10.0. The fraction of sp³-hybridized carbons (Fsp3) is 0.286. The summed E-state index contributed by atoms with van der Waals surface area (Å²) in [6.07, 6.45) is 6.15. The summed E-state index contributed by atoms with van der Waals surface area (Å²) in [5, 5.41) is 5.88. The van der Waals surface area contributed by atoms with E-state index in [4.69, 9.17) is 0 Å². The van der Waals surface area contributed by atoms with Gasteiger partial charge in [-0.05, 0) is 36.6 Å². The minimum Gasteiger partial charge on any atom is -0.370 e. The summed E-state index contributed by atoms with van der Waals surface area (Å²) in [4.78, 5) is 23.3. The van der Waals surface area contributed by atoms with Gasteiger partial charge in [-0.15, -0.1) is 11.3 Å². The van der Waals surface area contributed by atoms with Crippen molar-refractivity contribution < 1.29 is 4.79 Å². The van der Waals surface area contributed by atoms with E-state index in [-0.39, 0.29) is 5.91 Å². The highest BCUT2D eigenvalue weighted by molar-refractivity contribution is 7.13. The third-order valence-electron chi connectivity index (χ3n) is 4.71. The molecule has 2 aromatic heterocycles. The largest absolute Gasteiger partial charge is 0.370 e. The van der Waals surface area contributed by atoms with Gasteiger partial charge in [0.05, 0.1) is 12.1 Å². The quantitative estimate of drug-likeness (QED) is 0.715. The molecule has 1 amide bonds. The van der Waals surface area contributed by atoms with Crippen molar-refractivity contribution in [2.75, 3.05) is 24.5 Å². The number of hydrogen-bond donors (Lipinski definition) is 1. The third-order valence-corrected chi connectivity index (χ3v) is 5.65. The van der Waals surface area contributed by atoms with Crippen LogP contribution in [0, 0.1) is 0 Å². The molecule has 5 nitrogen and oxygen atoms in total. The van der Waals surface area contributed by atoms with Crippen molar-refractivity contribution in [1.82, 2.24) is 15.3 Å². The highest BCUT2D eigenvalue weighted by Gasteiger charge is 2.16. The second kappa shape index (κ2) is 8.31. The zero-order valence-electron chi connectivity index (χ0n) is 15.1. The number of amides is 1. The summed E-state index contributed by atoms with van der Waals surface area (Å²) in [6.45, 7) is 2.53. The molecular weight excluding hydrogens is 356 g/mol. The lowest BCUT2D eigenvalue weighted by Crippen LogP contribution is -2.38. The van der Waals surface area contributed by atoms with E-state index in [2.05, 4.69) is 44.5 Å². The minimum absolute atomic E-state index is 0.0170. The number of aryl methyl sites for hydroxylation is 1. The zero-order valence-corrected chi connectivity index (χ0v) is 15.9. The Labute approximate surface area is 163 Å². The van der Waals surface area contributed by atoms with E-state index in [0.29, 0.717) is 13.0 Å². The second-order valence-electron chi connectivity index (χ2n) is 6.63. The van der Waals surface area contributed by atoms with Crippen LogP contribution in [-0.4, -0.2) is 35.5 Å². The first-order chi connectivity index (χ1) is 13.3. The maximum atomic E-state index is 12.3. The molecule has 0 saturated carbocycles. The van der Waals surface area contributed by atoms with E-state index in [0.717, 1.165) is 35.8 Å². The fourth-order valence-corrected chi connectivity index (χ4v) is 4.22. The van der Waals surface area contributed by atoms with Gasteiger partial charge in [0.15, 0.2) is 0 Å². The topological polar surface area (TPSA) is 58.1 Å². The number of carbonyl (C=O) groups excluding carboxylic acids is 1. The minimum atomic E-state index is 0.0170. The van der Waals surface area contributed by atoms with Gasteiger partial charge in [-0.25, -0.2) is 4.98 Å². The number of rotatable bonds is 6. The average molecular weight is 379 g/mol. The van der Waals surface area contributed by atoms with Crippen LogP contribution in [-0.2, 0) is 17.6 Å².